The van der Waals surface area contributed by atoms with Gasteiger partial charge in [0.15, 0.2) is 4.77 Å². The van der Waals surface area contributed by atoms with Gasteiger partial charge in [-0.3, -0.25) is 0 Å². The molecule has 0 unspecified atom stereocenters. The number of hydrogen-bond acceptors (Lipinski definition) is 1. The van der Waals surface area contributed by atoms with Crippen LogP contribution in [0.25, 0.3) is 0 Å². The lowest BCUT2D eigenvalue weighted by Crippen LogP contribution is -2.09. The molecule has 72 valence electrons. The van der Waals surface area contributed by atoms with Gasteiger partial charge >= 0.3 is 0 Å². The summed E-state index contributed by atoms with van der Waals surface area (Å²) in [5.41, 5.74) is 1.27. The smallest absolute Gasteiger partial charge is 0.174 e. The zero-order chi connectivity index (χ0) is 9.10. The largest absolute Gasteiger partial charge is 0.337 e. The lowest BCUT2D eigenvalue weighted by molar-refractivity contribution is 0.354. The Hall–Kier alpha value is -0.570. The standard InChI is InChI=1S/C10H16N2S/c13-10-11-7-9(12-10)6-8-4-2-1-3-5-8/h7-8H,1-6H2,(H2,11,12,13). The molecule has 1 aromatic heterocycles. The molecule has 1 fully saturated rings. The average Bonchev–Trinajstić information content (AvgIpc) is 2.53. The summed E-state index contributed by atoms with van der Waals surface area (Å²) < 4.78 is 0.755. The highest BCUT2D eigenvalue weighted by Crippen LogP contribution is 2.26. The van der Waals surface area contributed by atoms with Crippen molar-refractivity contribution in [2.24, 2.45) is 5.92 Å². The Morgan fingerprint density at radius 3 is 2.69 bits per heavy atom. The van der Waals surface area contributed by atoms with Crippen molar-refractivity contribution in [2.75, 3.05) is 0 Å². The molecule has 0 saturated heterocycles. The van der Waals surface area contributed by atoms with Crippen LogP contribution in [0.5, 0.6) is 0 Å². The second-order valence-corrected chi connectivity index (χ2v) is 4.38. The van der Waals surface area contributed by atoms with Gasteiger partial charge in [0, 0.05) is 11.9 Å². The van der Waals surface area contributed by atoms with Crippen molar-refractivity contribution in [2.45, 2.75) is 38.5 Å². The van der Waals surface area contributed by atoms with E-state index in [1.165, 1.54) is 44.2 Å². The van der Waals surface area contributed by atoms with Gasteiger partial charge < -0.3 is 9.97 Å². The molecule has 1 aliphatic carbocycles. The van der Waals surface area contributed by atoms with Crippen molar-refractivity contribution in [1.82, 2.24) is 9.97 Å². The molecule has 0 radical (unpaired) electrons. The second kappa shape index (κ2) is 4.09. The maximum atomic E-state index is 4.99. The number of aromatic nitrogens is 2. The van der Waals surface area contributed by atoms with E-state index < -0.39 is 0 Å². The Morgan fingerprint density at radius 2 is 2.08 bits per heavy atom. The van der Waals surface area contributed by atoms with Gasteiger partial charge in [-0.1, -0.05) is 32.1 Å². The predicted molar refractivity (Wildman–Crippen MR) is 56.3 cm³/mol. The maximum absolute atomic E-state index is 4.99. The molecule has 1 saturated carbocycles. The normalized spacial score (nSPS) is 19.1. The second-order valence-electron chi connectivity index (χ2n) is 3.98. The summed E-state index contributed by atoms with van der Waals surface area (Å²) in [5.74, 6) is 0.884. The summed E-state index contributed by atoms with van der Waals surface area (Å²) in [6.07, 6.45) is 10.2. The lowest BCUT2D eigenvalue weighted by atomic mass is 9.86. The van der Waals surface area contributed by atoms with Crippen LogP contribution >= 0.6 is 12.2 Å². The van der Waals surface area contributed by atoms with E-state index in [0.717, 1.165) is 10.7 Å². The van der Waals surface area contributed by atoms with Crippen LogP contribution in [0.1, 0.15) is 37.8 Å². The number of imidazole rings is 1. The zero-order valence-electron chi connectivity index (χ0n) is 7.81. The third kappa shape index (κ3) is 2.44. The summed E-state index contributed by atoms with van der Waals surface area (Å²) in [6, 6.07) is 0. The van der Waals surface area contributed by atoms with Crippen molar-refractivity contribution in [3.05, 3.63) is 16.7 Å². The molecule has 0 aliphatic heterocycles. The van der Waals surface area contributed by atoms with E-state index in [2.05, 4.69) is 9.97 Å². The first kappa shape index (κ1) is 9.00. The van der Waals surface area contributed by atoms with Crippen molar-refractivity contribution in [3.63, 3.8) is 0 Å². The van der Waals surface area contributed by atoms with Crippen LogP contribution in [-0.2, 0) is 6.42 Å². The Morgan fingerprint density at radius 1 is 1.31 bits per heavy atom. The molecule has 3 heteroatoms. The SMILES string of the molecule is S=c1[nH]cc(CC2CCCCC2)[nH]1. The minimum absolute atomic E-state index is 0.755. The highest BCUT2D eigenvalue weighted by molar-refractivity contribution is 7.71. The minimum atomic E-state index is 0.755. The van der Waals surface area contributed by atoms with E-state index in [9.17, 15) is 0 Å². The Kier molecular flexibility index (Phi) is 2.83. The first-order valence-electron chi connectivity index (χ1n) is 5.11. The van der Waals surface area contributed by atoms with Crippen LogP contribution in [-0.4, -0.2) is 9.97 Å². The lowest BCUT2D eigenvalue weighted by Gasteiger charge is -2.20. The van der Waals surface area contributed by atoms with Crippen molar-refractivity contribution >= 4 is 12.2 Å². The summed E-state index contributed by atoms with van der Waals surface area (Å²) in [4.78, 5) is 6.20. The van der Waals surface area contributed by atoms with Gasteiger partial charge in [-0.15, -0.1) is 0 Å². The molecule has 0 aromatic carbocycles. The fourth-order valence-corrected chi connectivity index (χ4v) is 2.37. The average molecular weight is 196 g/mol. The van der Waals surface area contributed by atoms with E-state index in [4.69, 9.17) is 12.2 Å². The topological polar surface area (TPSA) is 31.6 Å². The van der Waals surface area contributed by atoms with Crippen molar-refractivity contribution in [3.8, 4) is 0 Å². The van der Waals surface area contributed by atoms with Crippen LogP contribution in [0.3, 0.4) is 0 Å². The van der Waals surface area contributed by atoms with Crippen LogP contribution < -0.4 is 0 Å². The molecule has 0 bridgehead atoms. The predicted octanol–water partition coefficient (Wildman–Crippen LogP) is 3.20. The minimum Gasteiger partial charge on any atom is -0.337 e. The van der Waals surface area contributed by atoms with E-state index >= 15 is 0 Å². The molecule has 2 nitrogen and oxygen atoms in total. The van der Waals surface area contributed by atoms with Crippen LogP contribution in [0.4, 0.5) is 0 Å². The van der Waals surface area contributed by atoms with Crippen molar-refractivity contribution < 1.29 is 0 Å². The monoisotopic (exact) mass is 196 g/mol. The molecule has 2 N–H and O–H groups in total. The Bertz CT molecular complexity index is 307. The highest BCUT2D eigenvalue weighted by atomic mass is 32.1. The number of aromatic amines is 2. The molecular weight excluding hydrogens is 180 g/mol. The summed E-state index contributed by atoms with van der Waals surface area (Å²) in [6.45, 7) is 0. The Balaban J connectivity index is 1.93. The third-order valence-electron chi connectivity index (χ3n) is 2.88. The van der Waals surface area contributed by atoms with Gasteiger partial charge in [0.05, 0.1) is 0 Å². The quantitative estimate of drug-likeness (QED) is 0.699. The van der Waals surface area contributed by atoms with Gasteiger partial charge in [-0.25, -0.2) is 0 Å². The number of H-pyrrole nitrogens is 2. The summed E-state index contributed by atoms with van der Waals surface area (Å²) in [7, 11) is 0. The number of rotatable bonds is 2. The maximum Gasteiger partial charge on any atom is 0.174 e. The van der Waals surface area contributed by atoms with Gasteiger partial charge in [0.1, 0.15) is 0 Å². The third-order valence-corrected chi connectivity index (χ3v) is 3.10. The zero-order valence-corrected chi connectivity index (χ0v) is 8.62. The molecule has 1 aromatic rings. The van der Waals surface area contributed by atoms with E-state index in [0.29, 0.717) is 0 Å². The van der Waals surface area contributed by atoms with Crippen LogP contribution in [0, 0.1) is 10.7 Å². The molecule has 1 aliphatic rings. The van der Waals surface area contributed by atoms with Crippen LogP contribution in [0.15, 0.2) is 6.20 Å². The number of nitrogens with one attached hydrogen (secondary N) is 2. The van der Waals surface area contributed by atoms with Gasteiger partial charge in [-0.2, -0.15) is 0 Å². The molecule has 2 rings (SSSR count). The molecular formula is C10H16N2S. The fraction of sp³-hybridized carbons (Fsp3) is 0.700. The first-order chi connectivity index (χ1) is 6.34. The molecule has 0 amide bonds. The van der Waals surface area contributed by atoms with Gasteiger partial charge in [0.25, 0.3) is 0 Å². The van der Waals surface area contributed by atoms with Gasteiger partial charge in [0.2, 0.25) is 0 Å². The fourth-order valence-electron chi connectivity index (χ4n) is 2.18. The molecule has 0 spiro atoms. The first-order valence-corrected chi connectivity index (χ1v) is 5.52. The van der Waals surface area contributed by atoms with Crippen LogP contribution in [0.2, 0.25) is 0 Å². The summed E-state index contributed by atoms with van der Waals surface area (Å²) >= 11 is 4.99. The van der Waals surface area contributed by atoms with Crippen molar-refractivity contribution in [1.29, 1.82) is 0 Å². The molecule has 1 heterocycles. The summed E-state index contributed by atoms with van der Waals surface area (Å²) in [5, 5.41) is 0. The highest BCUT2D eigenvalue weighted by Gasteiger charge is 2.14. The Labute approximate surface area is 83.8 Å². The molecule has 0 atom stereocenters. The van der Waals surface area contributed by atoms with E-state index in [1.54, 1.807) is 0 Å². The van der Waals surface area contributed by atoms with E-state index in [1.807, 2.05) is 6.20 Å². The number of hydrogen-bond donors (Lipinski definition) is 2. The van der Waals surface area contributed by atoms with E-state index in [-0.39, 0.29) is 0 Å². The molecule has 13 heavy (non-hydrogen) atoms. The van der Waals surface area contributed by atoms with Gasteiger partial charge in [-0.05, 0) is 24.6 Å².